The Morgan fingerprint density at radius 1 is 1.44 bits per heavy atom. The van der Waals surface area contributed by atoms with Gasteiger partial charge in [0, 0.05) is 6.92 Å². The first-order valence-electron chi connectivity index (χ1n) is 1.58. The number of hydrogen-bond donors (Lipinski definition) is 1. The van der Waals surface area contributed by atoms with E-state index in [1.165, 1.54) is 0 Å². The number of carboxylic acids is 1. The molecule has 0 radical (unpaired) electrons. The Bertz CT molecular complexity index is 61.3. The van der Waals surface area contributed by atoms with E-state index in [4.69, 9.17) is 44.7 Å². The summed E-state index contributed by atoms with van der Waals surface area (Å²) in [6.07, 6.45) is 0. The minimum atomic E-state index is -0.833. The van der Waals surface area contributed by atoms with E-state index in [1.807, 2.05) is 0 Å². The van der Waals surface area contributed by atoms with Crippen molar-refractivity contribution in [2.24, 2.45) is 0 Å². The van der Waals surface area contributed by atoms with Crippen LogP contribution in [0.25, 0.3) is 0 Å². The van der Waals surface area contributed by atoms with Crippen molar-refractivity contribution in [2.45, 2.75) is 11.2 Å². The number of carboxylic acid groups (broad SMARTS) is 1. The van der Waals surface area contributed by atoms with Crippen molar-refractivity contribution in [1.29, 1.82) is 0 Å². The van der Waals surface area contributed by atoms with Crippen LogP contribution < -0.4 is 0 Å². The van der Waals surface area contributed by atoms with Gasteiger partial charge in [0.25, 0.3) is 5.97 Å². The summed E-state index contributed by atoms with van der Waals surface area (Å²) >= 11 is 14.4. The van der Waals surface area contributed by atoms with E-state index in [0.29, 0.717) is 0 Å². The first-order valence-corrected chi connectivity index (χ1v) is 2.89. The predicted molar refractivity (Wildman–Crippen MR) is 41.8 cm³/mol. The zero-order valence-corrected chi connectivity index (χ0v) is 6.33. The molecule has 1 N–H and O–H groups in total. The van der Waals surface area contributed by atoms with E-state index >= 15 is 0 Å². The van der Waals surface area contributed by atoms with Gasteiger partial charge in [-0.3, -0.25) is 4.79 Å². The zero-order valence-electron chi connectivity index (χ0n) is 4.07. The van der Waals surface area contributed by atoms with E-state index in [9.17, 15) is 0 Å². The Balaban J connectivity index is -0.0000000720. The Labute approximate surface area is 90.8 Å². The van der Waals surface area contributed by atoms with Crippen LogP contribution in [0.1, 0.15) is 6.92 Å². The first kappa shape index (κ1) is 16.7. The third kappa shape index (κ3) is 280. The van der Waals surface area contributed by atoms with E-state index in [0.717, 1.165) is 6.92 Å². The fourth-order valence-corrected chi connectivity index (χ4v) is 0. The van der Waals surface area contributed by atoms with Crippen molar-refractivity contribution in [2.75, 3.05) is 0 Å². The molecular weight excluding hydrogens is 197 g/mol. The SMILES string of the molecule is CC(=O)O.ClC(Cl)Cl.[NaH]. The minimum absolute atomic E-state index is 0. The summed E-state index contributed by atoms with van der Waals surface area (Å²) < 4.78 is -0.750. The van der Waals surface area contributed by atoms with Gasteiger partial charge in [0.2, 0.25) is 0 Å². The van der Waals surface area contributed by atoms with Crippen LogP contribution in [-0.2, 0) is 4.79 Å². The molecule has 0 aromatic carbocycles. The fraction of sp³-hybridized carbons (Fsp3) is 0.667. The van der Waals surface area contributed by atoms with Gasteiger partial charge >= 0.3 is 29.6 Å². The van der Waals surface area contributed by atoms with E-state index < -0.39 is 10.3 Å². The summed E-state index contributed by atoms with van der Waals surface area (Å²) in [5.41, 5.74) is 0. The average Bonchev–Trinajstić information content (AvgIpc) is 1.25. The molecular formula is C3H6Cl3NaO2. The van der Waals surface area contributed by atoms with Gasteiger partial charge in [-0.15, -0.1) is 0 Å². The van der Waals surface area contributed by atoms with Crippen LogP contribution in [0.15, 0.2) is 0 Å². The number of rotatable bonds is 0. The van der Waals surface area contributed by atoms with Crippen molar-refractivity contribution < 1.29 is 9.90 Å². The maximum atomic E-state index is 9.00. The fourth-order valence-electron chi connectivity index (χ4n) is 0. The number of aliphatic carboxylic acids is 1. The summed E-state index contributed by atoms with van der Waals surface area (Å²) in [5.74, 6) is -0.833. The molecule has 0 aromatic rings. The Morgan fingerprint density at radius 3 is 1.44 bits per heavy atom. The Kier molecular flexibility index (Phi) is 22.4. The number of halogens is 3. The van der Waals surface area contributed by atoms with Gasteiger partial charge in [0.1, 0.15) is 0 Å². The van der Waals surface area contributed by atoms with Gasteiger partial charge in [-0.25, -0.2) is 0 Å². The van der Waals surface area contributed by atoms with Crippen LogP contribution >= 0.6 is 34.8 Å². The number of alkyl halides is 3. The standard InChI is InChI=1S/C2H4O2.CHCl3.Na.H/c1-2(3)4;2-1(3)4;;/h1H3,(H,3,4);1H;;. The van der Waals surface area contributed by atoms with Crippen LogP contribution in [0.5, 0.6) is 0 Å². The van der Waals surface area contributed by atoms with Crippen molar-refractivity contribution in [1.82, 2.24) is 0 Å². The normalized spacial score (nSPS) is 6.78. The second kappa shape index (κ2) is 12.1. The van der Waals surface area contributed by atoms with Gasteiger partial charge in [0.15, 0.2) is 4.30 Å². The molecule has 0 fully saturated rings. The summed E-state index contributed by atoms with van der Waals surface area (Å²) in [4.78, 5) is 9.00. The van der Waals surface area contributed by atoms with Gasteiger partial charge in [-0.2, -0.15) is 0 Å². The Hall–Kier alpha value is 1.34. The van der Waals surface area contributed by atoms with E-state index in [-0.39, 0.29) is 29.6 Å². The third-order valence-corrected chi connectivity index (χ3v) is 0. The molecule has 0 saturated carbocycles. The Morgan fingerprint density at radius 2 is 1.44 bits per heavy atom. The molecule has 0 aliphatic heterocycles. The molecule has 0 unspecified atom stereocenters. The molecule has 0 spiro atoms. The van der Waals surface area contributed by atoms with Crippen LogP contribution in [0, 0.1) is 0 Å². The van der Waals surface area contributed by atoms with Gasteiger partial charge in [-0.1, -0.05) is 34.8 Å². The molecule has 9 heavy (non-hydrogen) atoms. The van der Waals surface area contributed by atoms with E-state index in [1.54, 1.807) is 0 Å². The molecule has 0 heterocycles. The second-order valence-corrected chi connectivity index (χ2v) is 2.75. The molecule has 0 aliphatic rings. The number of carbonyl (C=O) groups is 1. The predicted octanol–water partition coefficient (Wildman–Crippen LogP) is 1.43. The van der Waals surface area contributed by atoms with Gasteiger partial charge in [-0.05, 0) is 0 Å². The summed E-state index contributed by atoms with van der Waals surface area (Å²) in [5, 5.41) is 7.42. The van der Waals surface area contributed by atoms with Crippen LogP contribution in [-0.4, -0.2) is 44.9 Å². The molecule has 0 aliphatic carbocycles. The first-order chi connectivity index (χ1) is 3.46. The summed E-state index contributed by atoms with van der Waals surface area (Å²) in [6.45, 7) is 1.08. The summed E-state index contributed by atoms with van der Waals surface area (Å²) in [7, 11) is 0. The zero-order chi connectivity index (χ0) is 7.15. The summed E-state index contributed by atoms with van der Waals surface area (Å²) in [6, 6.07) is 0. The quantitative estimate of drug-likeness (QED) is 0.478. The molecule has 52 valence electrons. The number of hydrogen-bond acceptors (Lipinski definition) is 1. The molecule has 6 heteroatoms. The molecule has 0 saturated heterocycles. The monoisotopic (exact) mass is 202 g/mol. The molecule has 0 aromatic heterocycles. The van der Waals surface area contributed by atoms with Crippen molar-refractivity contribution in [3.8, 4) is 0 Å². The van der Waals surface area contributed by atoms with Gasteiger partial charge in [0.05, 0.1) is 0 Å². The van der Waals surface area contributed by atoms with Crippen LogP contribution in [0.3, 0.4) is 0 Å². The van der Waals surface area contributed by atoms with Gasteiger partial charge < -0.3 is 5.11 Å². The topological polar surface area (TPSA) is 37.3 Å². The van der Waals surface area contributed by atoms with Crippen LogP contribution in [0.2, 0.25) is 0 Å². The van der Waals surface area contributed by atoms with Crippen molar-refractivity contribution in [3.63, 3.8) is 0 Å². The molecule has 0 amide bonds. The molecule has 0 rings (SSSR count). The third-order valence-electron chi connectivity index (χ3n) is 0. The average molecular weight is 203 g/mol. The van der Waals surface area contributed by atoms with Crippen molar-refractivity contribution in [3.05, 3.63) is 0 Å². The van der Waals surface area contributed by atoms with Crippen molar-refractivity contribution >= 4 is 70.3 Å². The molecule has 2 nitrogen and oxygen atoms in total. The van der Waals surface area contributed by atoms with E-state index in [2.05, 4.69) is 0 Å². The molecule has 0 atom stereocenters. The maximum absolute atomic E-state index is 9.00. The molecule has 0 bridgehead atoms. The second-order valence-electron chi connectivity index (χ2n) is 0.766. The van der Waals surface area contributed by atoms with Crippen LogP contribution in [0.4, 0.5) is 0 Å².